The highest BCUT2D eigenvalue weighted by molar-refractivity contribution is 5.59. The molecule has 6 aliphatic rings. The number of para-hydroxylation sites is 12. The molecule has 2 aliphatic carbocycles. The van der Waals surface area contributed by atoms with Crippen LogP contribution in [0.2, 0.25) is 0 Å². The fraction of sp³-hybridized carbons (Fsp3) is 0.500. The fourth-order valence-electron chi connectivity index (χ4n) is 18.9. The highest BCUT2D eigenvalue weighted by Crippen LogP contribution is 2.44. The normalized spacial score (nSPS) is 15.7. The van der Waals surface area contributed by atoms with Crippen molar-refractivity contribution in [2.24, 2.45) is 35.5 Å². The van der Waals surface area contributed by atoms with Crippen molar-refractivity contribution in [1.82, 2.24) is 0 Å². The molecule has 0 radical (unpaired) electrons. The number of ether oxygens (including phenoxy) is 16. The van der Waals surface area contributed by atoms with Crippen LogP contribution in [0.25, 0.3) is 0 Å². The van der Waals surface area contributed by atoms with E-state index in [0.29, 0.717) is 230 Å². The molecule has 0 saturated heterocycles. The van der Waals surface area contributed by atoms with Crippen LogP contribution in [0, 0.1) is 35.5 Å². The summed E-state index contributed by atoms with van der Waals surface area (Å²) in [5.41, 5.74) is 18.0. The third-order valence-corrected chi connectivity index (χ3v) is 26.7. The molecule has 0 amide bonds. The van der Waals surface area contributed by atoms with Crippen molar-refractivity contribution < 1.29 is 75.8 Å². The molecule has 0 N–H and O–H groups in total. The third-order valence-electron chi connectivity index (χ3n) is 26.7. The van der Waals surface area contributed by atoms with Gasteiger partial charge in [0.1, 0.15) is 98.9 Å². The summed E-state index contributed by atoms with van der Waals surface area (Å²) < 4.78 is 105. The van der Waals surface area contributed by atoms with E-state index in [2.05, 4.69) is 215 Å². The number of fused-ring (bicyclic) bond motifs is 24. The van der Waals surface area contributed by atoms with Crippen molar-refractivity contribution in [2.75, 3.05) is 132 Å². The predicted octanol–water partition coefficient (Wildman–Crippen LogP) is 26.9. The maximum absolute atomic E-state index is 7.06. The SMILES string of the molecule is CC(C)CCCC(C)CCOc1c2cccc1Cc1cccc3c1OCCOCCOc1ccccc1OCCOCCOc1c(cccc1Cc1cccc(c1OCCC(C)CCCC(C)C)C3)C2.CCCCC(CC)COc1c2cccc1Cc1cccc3c1OCCOCCOc1ccccc1OCCOCCOc1c(cccc1Cc1cccc(c1OCC(CC)CCCC)C3)C2. The quantitative estimate of drug-likeness (QED) is 0.0393. The van der Waals surface area contributed by atoms with E-state index in [4.69, 9.17) is 75.8 Å². The van der Waals surface area contributed by atoms with Gasteiger partial charge in [-0.25, -0.2) is 0 Å². The van der Waals surface area contributed by atoms with E-state index in [-0.39, 0.29) is 0 Å². The molecule has 4 atom stereocenters. The van der Waals surface area contributed by atoms with Crippen molar-refractivity contribution in [3.8, 4) is 69.0 Å². The number of benzene rings is 10. The molecule has 0 saturated carbocycles. The lowest BCUT2D eigenvalue weighted by Crippen LogP contribution is -2.16. The summed E-state index contributed by atoms with van der Waals surface area (Å²) in [6.07, 6.45) is 23.8. The molecule has 4 unspecified atom stereocenters. The zero-order valence-electron chi connectivity index (χ0n) is 83.6. The van der Waals surface area contributed by atoms with E-state index in [1.165, 1.54) is 64.2 Å². The van der Waals surface area contributed by atoms with Gasteiger partial charge in [-0.15, -0.1) is 0 Å². The average Bonchev–Trinajstić information content (AvgIpc) is 0.795. The Morgan fingerprint density at radius 1 is 0.221 bits per heavy atom. The van der Waals surface area contributed by atoms with Gasteiger partial charge in [0.15, 0.2) is 23.0 Å². The lowest BCUT2D eigenvalue weighted by molar-refractivity contribution is 0.0695. The molecule has 4 heterocycles. The second-order valence-corrected chi connectivity index (χ2v) is 38.4. The Bertz CT molecular complexity index is 4720. The molecule has 10 aromatic carbocycles. The first-order valence-electron chi connectivity index (χ1n) is 51.7. The molecule has 0 aromatic heterocycles. The Morgan fingerprint density at radius 2 is 0.441 bits per heavy atom. The maximum Gasteiger partial charge on any atom is 0.161 e. The van der Waals surface area contributed by atoms with Crippen LogP contribution in [-0.4, -0.2) is 132 Å². The van der Waals surface area contributed by atoms with E-state index in [9.17, 15) is 0 Å². The van der Waals surface area contributed by atoms with Gasteiger partial charge in [-0.3, -0.25) is 0 Å². The first kappa shape index (κ1) is 103. The zero-order valence-corrected chi connectivity index (χ0v) is 83.6. The molecule has 732 valence electrons. The molecular formula is C120H156O16. The van der Waals surface area contributed by atoms with E-state index in [1.54, 1.807) is 0 Å². The van der Waals surface area contributed by atoms with Crippen LogP contribution < -0.4 is 56.8 Å². The third kappa shape index (κ3) is 31.8. The summed E-state index contributed by atoms with van der Waals surface area (Å²) in [5, 5.41) is 0. The molecule has 4 aliphatic heterocycles. The largest absolute Gasteiger partial charge is 0.493 e. The molecule has 10 aromatic rings. The lowest BCUT2D eigenvalue weighted by Gasteiger charge is -2.24. The number of hydrogen-bond donors (Lipinski definition) is 0. The van der Waals surface area contributed by atoms with Crippen molar-refractivity contribution in [1.29, 1.82) is 0 Å². The Hall–Kier alpha value is -10.4. The Labute approximate surface area is 814 Å². The summed E-state index contributed by atoms with van der Waals surface area (Å²) in [4.78, 5) is 0. The van der Waals surface area contributed by atoms with Gasteiger partial charge < -0.3 is 75.8 Å². The van der Waals surface area contributed by atoms with Crippen LogP contribution in [0.5, 0.6) is 69.0 Å². The minimum absolute atomic E-state index is 0.380. The van der Waals surface area contributed by atoms with Gasteiger partial charge >= 0.3 is 0 Å². The van der Waals surface area contributed by atoms with Gasteiger partial charge in [-0.2, -0.15) is 0 Å². The summed E-state index contributed by atoms with van der Waals surface area (Å²) in [6.45, 7) is 32.1. The van der Waals surface area contributed by atoms with E-state index >= 15 is 0 Å². The standard InChI is InChI=1S/C62H82O8.C58H74O8/c1-45(2)15-9-17-47(5)29-31-67-59-49-19-11-20-50(59)42-54-24-14-26-56-44-52-22-12-21-51(60(52)68-32-30-48(6)18-10-16-46(3)4)43-55-25-13-23-53(41-49)61(55)69-39-35-63-33-37-65-57-27-7-8-28-58(57)66-38-34-64-36-40-70-62(54)56;1-5-9-17-43(7-3)41-65-57-49-23-15-24-50(57)38-46-20-14-22-48-40-52-26-16-25-51(58(52)66-42-44(8-4)18-10-6-2)39-47-21-13-19-45(37-49)55(47)63-35-31-59-29-33-61-53-27-11-12-28-54(53)62-34-30-60-32-36-64-56(46)48/h7-8,11-14,19-28,45-48H,9-10,15-18,29-44H2,1-6H3;11-16,19-28,43-44H,5-10,17-18,29-42H2,1-4H3. The monoisotopic (exact) mass is 1850 g/mol. The van der Waals surface area contributed by atoms with Crippen LogP contribution in [0.3, 0.4) is 0 Å². The van der Waals surface area contributed by atoms with Crippen LogP contribution >= 0.6 is 0 Å². The van der Waals surface area contributed by atoms with Gasteiger partial charge in [-0.1, -0.05) is 316 Å². The Morgan fingerprint density at radius 3 is 0.662 bits per heavy atom. The molecular weight excluding hydrogens is 1700 g/mol. The Balaban J connectivity index is 0.000000230. The highest BCUT2D eigenvalue weighted by Gasteiger charge is 2.28. The molecule has 16 rings (SSSR count). The summed E-state index contributed by atoms with van der Waals surface area (Å²) in [6, 6.07) is 68.4. The average molecular weight is 1850 g/mol. The van der Waals surface area contributed by atoms with Crippen LogP contribution in [-0.2, 0) is 70.3 Å². The molecule has 16 heteroatoms. The second kappa shape index (κ2) is 56.5. The summed E-state index contributed by atoms with van der Waals surface area (Å²) in [7, 11) is 0. The molecule has 20 bridgehead atoms. The molecule has 136 heavy (non-hydrogen) atoms. The van der Waals surface area contributed by atoms with Gasteiger partial charge in [0.25, 0.3) is 0 Å². The minimum Gasteiger partial charge on any atom is -0.493 e. The maximum atomic E-state index is 7.06. The van der Waals surface area contributed by atoms with Crippen molar-refractivity contribution in [3.05, 3.63) is 283 Å². The lowest BCUT2D eigenvalue weighted by atomic mass is 9.91. The summed E-state index contributed by atoms with van der Waals surface area (Å²) >= 11 is 0. The van der Waals surface area contributed by atoms with E-state index < -0.39 is 0 Å². The van der Waals surface area contributed by atoms with Gasteiger partial charge in [0.05, 0.1) is 79.3 Å². The van der Waals surface area contributed by atoms with Crippen LogP contribution in [0.4, 0.5) is 0 Å². The smallest absolute Gasteiger partial charge is 0.161 e. The Kier molecular flexibility index (Phi) is 42.8. The second-order valence-electron chi connectivity index (χ2n) is 38.4. The highest BCUT2D eigenvalue weighted by atomic mass is 16.6. The van der Waals surface area contributed by atoms with Gasteiger partial charge in [0.2, 0.25) is 0 Å². The van der Waals surface area contributed by atoms with Crippen molar-refractivity contribution in [3.63, 3.8) is 0 Å². The first-order valence-corrected chi connectivity index (χ1v) is 51.7. The van der Waals surface area contributed by atoms with Crippen LogP contribution in [0.1, 0.15) is 261 Å². The molecule has 0 spiro atoms. The summed E-state index contributed by atoms with van der Waals surface area (Å²) in [5.74, 6) is 13.6. The number of hydrogen-bond acceptors (Lipinski definition) is 16. The number of rotatable bonds is 30. The van der Waals surface area contributed by atoms with E-state index in [0.717, 1.165) is 185 Å². The van der Waals surface area contributed by atoms with Crippen LogP contribution in [0.15, 0.2) is 194 Å². The number of unbranched alkanes of at least 4 members (excludes halogenated alkanes) is 2. The zero-order chi connectivity index (χ0) is 94.7. The van der Waals surface area contributed by atoms with Gasteiger partial charge in [-0.05, 0) is 174 Å². The topological polar surface area (TPSA) is 148 Å². The fourth-order valence-corrected chi connectivity index (χ4v) is 18.9. The van der Waals surface area contributed by atoms with Crippen molar-refractivity contribution >= 4 is 0 Å². The molecule has 0 fully saturated rings. The van der Waals surface area contributed by atoms with Gasteiger partial charge in [0, 0.05) is 51.4 Å². The van der Waals surface area contributed by atoms with Crippen molar-refractivity contribution in [2.45, 2.75) is 223 Å². The first-order chi connectivity index (χ1) is 66.8. The van der Waals surface area contributed by atoms with E-state index in [1.807, 2.05) is 48.5 Å². The molecule has 16 nitrogen and oxygen atoms in total. The minimum atomic E-state index is 0.380. The predicted molar refractivity (Wildman–Crippen MR) is 548 cm³/mol.